The number of nitrogens with one attached hydrogen (secondary N) is 2. The standard InChI is InChI=1S/C23H21IN4O3/c1-2-27-12-11-16-15-5-3-4-6-17(15)25-19(16)20(27)18-21(29)26-23(31)28(22(18)30)14-9-7-13(24)8-10-14/h3-10,20,25,30H,2,11-12H2,1H3,(H,26,29,31)/t20-/m0/s1. The molecule has 0 amide bonds. The quantitative estimate of drug-likeness (QED) is 0.356. The molecule has 5 rings (SSSR count). The fourth-order valence-electron chi connectivity index (χ4n) is 4.57. The fraction of sp³-hybridized carbons (Fsp3) is 0.217. The Hall–Kier alpha value is -2.85. The van der Waals surface area contributed by atoms with Crippen LogP contribution in [-0.4, -0.2) is 37.6 Å². The lowest BCUT2D eigenvalue weighted by Crippen LogP contribution is -2.41. The molecule has 3 N–H and O–H groups in total. The first-order valence-corrected chi connectivity index (χ1v) is 11.2. The van der Waals surface area contributed by atoms with Crippen LogP contribution >= 0.6 is 22.6 Å². The zero-order valence-corrected chi connectivity index (χ0v) is 19.0. The summed E-state index contributed by atoms with van der Waals surface area (Å²) in [5.74, 6) is -0.329. The third kappa shape index (κ3) is 3.21. The lowest BCUT2D eigenvalue weighted by atomic mass is 9.93. The van der Waals surface area contributed by atoms with Crippen LogP contribution in [0.3, 0.4) is 0 Å². The van der Waals surface area contributed by atoms with Gasteiger partial charge in [-0.15, -0.1) is 0 Å². The lowest BCUT2D eigenvalue weighted by Gasteiger charge is -2.35. The van der Waals surface area contributed by atoms with Crippen molar-refractivity contribution >= 4 is 33.5 Å². The van der Waals surface area contributed by atoms with Crippen molar-refractivity contribution in [3.05, 3.63) is 89.8 Å². The summed E-state index contributed by atoms with van der Waals surface area (Å²) in [5, 5.41) is 12.4. The van der Waals surface area contributed by atoms with E-state index >= 15 is 0 Å². The predicted octanol–water partition coefficient (Wildman–Crippen LogP) is 3.28. The molecular weight excluding hydrogens is 507 g/mol. The molecule has 2 aromatic carbocycles. The molecule has 8 heteroatoms. The summed E-state index contributed by atoms with van der Waals surface area (Å²) in [6, 6.07) is 14.8. The number of aromatic hydroxyl groups is 1. The molecule has 4 aromatic rings. The average Bonchev–Trinajstić information content (AvgIpc) is 3.14. The minimum absolute atomic E-state index is 0.174. The maximum absolute atomic E-state index is 13.0. The van der Waals surface area contributed by atoms with Crippen molar-refractivity contribution in [3.63, 3.8) is 0 Å². The molecule has 2 aromatic heterocycles. The van der Waals surface area contributed by atoms with Crippen molar-refractivity contribution in [2.75, 3.05) is 13.1 Å². The molecule has 0 spiro atoms. The molecule has 1 atom stereocenters. The van der Waals surface area contributed by atoms with E-state index in [4.69, 9.17) is 0 Å². The van der Waals surface area contributed by atoms with Crippen molar-refractivity contribution in [1.82, 2.24) is 19.4 Å². The molecule has 158 valence electrons. The fourth-order valence-corrected chi connectivity index (χ4v) is 4.93. The number of aromatic amines is 2. The summed E-state index contributed by atoms with van der Waals surface area (Å²) < 4.78 is 2.17. The number of hydrogen-bond acceptors (Lipinski definition) is 4. The van der Waals surface area contributed by atoms with E-state index in [0.717, 1.165) is 43.3 Å². The summed E-state index contributed by atoms with van der Waals surface area (Å²) in [7, 11) is 0. The number of rotatable bonds is 3. The van der Waals surface area contributed by atoms with Crippen LogP contribution < -0.4 is 11.2 Å². The van der Waals surface area contributed by atoms with Gasteiger partial charge in [0.15, 0.2) is 0 Å². The molecule has 0 saturated carbocycles. The van der Waals surface area contributed by atoms with E-state index < -0.39 is 17.3 Å². The predicted molar refractivity (Wildman–Crippen MR) is 128 cm³/mol. The largest absolute Gasteiger partial charge is 0.494 e. The molecular formula is C23H21IN4O3. The number of para-hydroxylation sites is 1. The van der Waals surface area contributed by atoms with E-state index in [1.54, 1.807) is 12.1 Å². The molecule has 0 bridgehead atoms. The monoisotopic (exact) mass is 528 g/mol. The van der Waals surface area contributed by atoms with Gasteiger partial charge in [0.1, 0.15) is 5.56 Å². The van der Waals surface area contributed by atoms with Crippen LogP contribution in [0, 0.1) is 3.57 Å². The van der Waals surface area contributed by atoms with Gasteiger partial charge >= 0.3 is 5.69 Å². The Bertz CT molecular complexity index is 1400. The molecule has 1 aliphatic rings. The second-order valence-corrected chi connectivity index (χ2v) is 8.90. The lowest BCUT2D eigenvalue weighted by molar-refractivity contribution is 0.215. The Morgan fingerprint density at radius 2 is 1.84 bits per heavy atom. The molecule has 3 heterocycles. The third-order valence-corrected chi connectivity index (χ3v) is 6.74. The number of aromatic nitrogens is 3. The summed E-state index contributed by atoms with van der Waals surface area (Å²) in [6.45, 7) is 3.47. The second kappa shape index (κ2) is 7.69. The van der Waals surface area contributed by atoms with Gasteiger partial charge in [-0.05, 0) is 71.5 Å². The van der Waals surface area contributed by atoms with Gasteiger partial charge in [0, 0.05) is 26.7 Å². The van der Waals surface area contributed by atoms with E-state index in [1.807, 2.05) is 37.3 Å². The summed E-state index contributed by atoms with van der Waals surface area (Å²) >= 11 is 2.18. The van der Waals surface area contributed by atoms with Crippen LogP contribution in [0.25, 0.3) is 16.6 Å². The van der Waals surface area contributed by atoms with Crippen LogP contribution in [0.4, 0.5) is 0 Å². The first-order valence-electron chi connectivity index (χ1n) is 10.2. The van der Waals surface area contributed by atoms with Crippen molar-refractivity contribution in [2.24, 2.45) is 0 Å². The number of halogens is 1. The van der Waals surface area contributed by atoms with Crippen LogP contribution in [-0.2, 0) is 6.42 Å². The van der Waals surface area contributed by atoms with Gasteiger partial charge < -0.3 is 10.1 Å². The van der Waals surface area contributed by atoms with Crippen LogP contribution in [0.15, 0.2) is 58.1 Å². The molecule has 0 unspecified atom stereocenters. The number of nitrogens with zero attached hydrogens (tertiary/aromatic N) is 2. The van der Waals surface area contributed by atoms with E-state index in [0.29, 0.717) is 12.2 Å². The third-order valence-electron chi connectivity index (χ3n) is 6.02. The number of benzene rings is 2. The van der Waals surface area contributed by atoms with Gasteiger partial charge in [-0.1, -0.05) is 25.1 Å². The average molecular weight is 528 g/mol. The van der Waals surface area contributed by atoms with Gasteiger partial charge in [0.25, 0.3) is 5.56 Å². The Balaban J connectivity index is 1.78. The van der Waals surface area contributed by atoms with Gasteiger partial charge in [0.05, 0.1) is 11.7 Å². The van der Waals surface area contributed by atoms with Gasteiger partial charge in [-0.2, -0.15) is 0 Å². The highest BCUT2D eigenvalue weighted by atomic mass is 127. The van der Waals surface area contributed by atoms with Crippen molar-refractivity contribution < 1.29 is 5.11 Å². The number of hydrogen-bond donors (Lipinski definition) is 3. The zero-order valence-electron chi connectivity index (χ0n) is 16.9. The summed E-state index contributed by atoms with van der Waals surface area (Å²) in [5.41, 5.74) is 2.47. The van der Waals surface area contributed by atoms with Crippen LogP contribution in [0.5, 0.6) is 5.88 Å². The van der Waals surface area contributed by atoms with Gasteiger partial charge in [0.2, 0.25) is 5.88 Å². The number of fused-ring (bicyclic) bond motifs is 3. The minimum atomic E-state index is -0.664. The Labute approximate surface area is 191 Å². The number of H-pyrrole nitrogens is 2. The smallest absolute Gasteiger partial charge is 0.335 e. The molecule has 0 fully saturated rings. The van der Waals surface area contributed by atoms with Crippen LogP contribution in [0.1, 0.15) is 29.8 Å². The van der Waals surface area contributed by atoms with Crippen molar-refractivity contribution in [1.29, 1.82) is 0 Å². The topological polar surface area (TPSA) is 94.1 Å². The normalized spacial score (nSPS) is 16.5. The number of likely N-dealkylation sites (N-methyl/N-ethyl adjacent to an activating group) is 1. The summed E-state index contributed by atoms with van der Waals surface area (Å²) in [6.07, 6.45) is 0.846. The Kier molecular flexibility index (Phi) is 4.98. The molecule has 31 heavy (non-hydrogen) atoms. The summed E-state index contributed by atoms with van der Waals surface area (Å²) in [4.78, 5) is 33.7. The molecule has 0 saturated heterocycles. The second-order valence-electron chi connectivity index (χ2n) is 7.65. The Morgan fingerprint density at radius 3 is 2.58 bits per heavy atom. The molecule has 0 aliphatic carbocycles. The van der Waals surface area contributed by atoms with E-state index in [2.05, 4.69) is 43.5 Å². The molecule has 0 radical (unpaired) electrons. The highest BCUT2D eigenvalue weighted by molar-refractivity contribution is 14.1. The Morgan fingerprint density at radius 1 is 1.10 bits per heavy atom. The highest BCUT2D eigenvalue weighted by Gasteiger charge is 2.35. The maximum Gasteiger partial charge on any atom is 0.335 e. The molecule has 1 aliphatic heterocycles. The highest BCUT2D eigenvalue weighted by Crippen LogP contribution is 2.39. The maximum atomic E-state index is 13.0. The van der Waals surface area contributed by atoms with Crippen LogP contribution in [0.2, 0.25) is 0 Å². The first kappa shape index (κ1) is 20.1. The van der Waals surface area contributed by atoms with Crippen molar-refractivity contribution in [2.45, 2.75) is 19.4 Å². The van der Waals surface area contributed by atoms with E-state index in [-0.39, 0.29) is 11.4 Å². The van der Waals surface area contributed by atoms with E-state index in [1.165, 1.54) is 0 Å². The van der Waals surface area contributed by atoms with Crippen molar-refractivity contribution in [3.8, 4) is 11.6 Å². The minimum Gasteiger partial charge on any atom is -0.494 e. The SMILES string of the molecule is CCN1CCc2c([nH]c3ccccc23)[C@@H]1c1c(O)n(-c2ccc(I)cc2)c(=O)[nH]c1=O. The van der Waals surface area contributed by atoms with E-state index in [9.17, 15) is 14.7 Å². The van der Waals surface area contributed by atoms with Gasteiger partial charge in [-0.25, -0.2) is 9.36 Å². The molecule has 7 nitrogen and oxygen atoms in total. The van der Waals surface area contributed by atoms with Gasteiger partial charge in [-0.3, -0.25) is 14.7 Å². The first-order chi connectivity index (χ1) is 15.0. The zero-order chi connectivity index (χ0) is 21.7.